The predicted octanol–water partition coefficient (Wildman–Crippen LogP) is 3.34. The van der Waals surface area contributed by atoms with Crippen molar-refractivity contribution >= 4 is 28.8 Å². The van der Waals surface area contributed by atoms with E-state index >= 15 is 0 Å². The fourth-order valence-corrected chi connectivity index (χ4v) is 3.64. The molecule has 0 radical (unpaired) electrons. The minimum Gasteiger partial charge on any atom is -0.342 e. The quantitative estimate of drug-likeness (QED) is 0.616. The second kappa shape index (κ2) is 8.10. The van der Waals surface area contributed by atoms with Crippen LogP contribution >= 0.6 is 0 Å². The van der Waals surface area contributed by atoms with Crippen LogP contribution in [0.3, 0.4) is 0 Å². The Morgan fingerprint density at radius 3 is 2.37 bits per heavy atom. The third-order valence-corrected chi connectivity index (χ3v) is 5.37. The number of hydrogen-bond acceptors (Lipinski definition) is 4. The number of carbonyl (C=O) groups is 3. The molecule has 1 aliphatic rings. The van der Waals surface area contributed by atoms with Crippen molar-refractivity contribution in [3.8, 4) is 0 Å². The SMILES string of the molecule is CC(C)C(NC(=O)c1ccc(CN2C(=O)CCC2=O)cc1)c1nc2ccccc2[nH]1. The van der Waals surface area contributed by atoms with Crippen LogP contribution in [-0.4, -0.2) is 32.6 Å². The summed E-state index contributed by atoms with van der Waals surface area (Å²) in [6.07, 6.45) is 0.551. The first-order chi connectivity index (χ1) is 14.4. The van der Waals surface area contributed by atoms with Gasteiger partial charge in [0.15, 0.2) is 0 Å². The number of amides is 3. The maximum absolute atomic E-state index is 12.8. The molecule has 1 aromatic heterocycles. The Bertz CT molecular complexity index is 1050. The van der Waals surface area contributed by atoms with E-state index in [1.54, 1.807) is 24.3 Å². The number of benzene rings is 2. The van der Waals surface area contributed by atoms with Crippen molar-refractivity contribution in [2.24, 2.45) is 5.92 Å². The largest absolute Gasteiger partial charge is 0.342 e. The van der Waals surface area contributed by atoms with E-state index in [2.05, 4.69) is 15.3 Å². The molecule has 0 bridgehead atoms. The van der Waals surface area contributed by atoms with Crippen LogP contribution in [-0.2, 0) is 16.1 Å². The molecule has 1 atom stereocenters. The molecule has 30 heavy (non-hydrogen) atoms. The van der Waals surface area contributed by atoms with Gasteiger partial charge in [-0.25, -0.2) is 4.98 Å². The highest BCUT2D eigenvalue weighted by molar-refractivity contribution is 6.01. The molecule has 0 saturated carbocycles. The summed E-state index contributed by atoms with van der Waals surface area (Å²) in [7, 11) is 0. The lowest BCUT2D eigenvalue weighted by Gasteiger charge is -2.20. The highest BCUT2D eigenvalue weighted by atomic mass is 16.2. The fraction of sp³-hybridized carbons (Fsp3) is 0.304. The smallest absolute Gasteiger partial charge is 0.251 e. The van der Waals surface area contributed by atoms with Crippen LogP contribution in [0.2, 0.25) is 0 Å². The number of nitrogens with one attached hydrogen (secondary N) is 2. The van der Waals surface area contributed by atoms with Crippen molar-refractivity contribution in [3.05, 3.63) is 65.5 Å². The van der Waals surface area contributed by atoms with E-state index in [-0.39, 0.29) is 49.1 Å². The molecule has 0 spiro atoms. The van der Waals surface area contributed by atoms with Crippen LogP contribution in [0.1, 0.15) is 54.5 Å². The number of carbonyl (C=O) groups excluding carboxylic acids is 3. The van der Waals surface area contributed by atoms with Gasteiger partial charge in [-0.2, -0.15) is 0 Å². The van der Waals surface area contributed by atoms with E-state index < -0.39 is 0 Å². The first kappa shape index (κ1) is 19.8. The number of aromatic amines is 1. The average Bonchev–Trinajstić information content (AvgIpc) is 3.30. The van der Waals surface area contributed by atoms with Gasteiger partial charge in [-0.1, -0.05) is 38.1 Å². The molecular weight excluding hydrogens is 380 g/mol. The molecule has 3 aromatic rings. The summed E-state index contributed by atoms with van der Waals surface area (Å²) in [6, 6.07) is 14.5. The third kappa shape index (κ3) is 3.96. The molecule has 154 valence electrons. The zero-order chi connectivity index (χ0) is 21.3. The highest BCUT2D eigenvalue weighted by Crippen LogP contribution is 2.23. The number of likely N-dealkylation sites (tertiary alicyclic amines) is 1. The van der Waals surface area contributed by atoms with Gasteiger partial charge < -0.3 is 10.3 Å². The van der Waals surface area contributed by atoms with Crippen molar-refractivity contribution in [3.63, 3.8) is 0 Å². The molecule has 1 fully saturated rings. The Morgan fingerprint density at radius 1 is 1.07 bits per heavy atom. The number of para-hydroxylation sites is 2. The molecule has 1 aliphatic heterocycles. The number of imidazole rings is 1. The standard InChI is InChI=1S/C23H24N4O3/c1-14(2)21(22-24-17-5-3-4-6-18(17)25-22)26-23(30)16-9-7-15(8-10-16)13-27-19(28)11-12-20(27)29/h3-10,14,21H,11-13H2,1-2H3,(H,24,25)(H,26,30). The molecule has 7 heteroatoms. The van der Waals surface area contributed by atoms with Crippen molar-refractivity contribution in [1.82, 2.24) is 20.2 Å². The van der Waals surface area contributed by atoms with Crippen LogP contribution < -0.4 is 5.32 Å². The maximum Gasteiger partial charge on any atom is 0.251 e. The van der Waals surface area contributed by atoms with Gasteiger partial charge in [0.2, 0.25) is 11.8 Å². The Hall–Kier alpha value is -3.48. The highest BCUT2D eigenvalue weighted by Gasteiger charge is 2.28. The Balaban J connectivity index is 1.47. The van der Waals surface area contributed by atoms with Crippen molar-refractivity contribution < 1.29 is 14.4 Å². The van der Waals surface area contributed by atoms with Crippen molar-refractivity contribution in [1.29, 1.82) is 0 Å². The molecule has 3 amide bonds. The summed E-state index contributed by atoms with van der Waals surface area (Å²) in [5.41, 5.74) is 3.12. The molecule has 4 rings (SSSR count). The summed E-state index contributed by atoms with van der Waals surface area (Å²) in [6.45, 7) is 4.31. The number of hydrogen-bond donors (Lipinski definition) is 2. The minimum absolute atomic E-state index is 0.140. The summed E-state index contributed by atoms with van der Waals surface area (Å²) in [5.74, 6) is 0.372. The molecule has 2 N–H and O–H groups in total. The zero-order valence-corrected chi connectivity index (χ0v) is 17.0. The Labute approximate surface area is 174 Å². The first-order valence-corrected chi connectivity index (χ1v) is 10.1. The van der Waals surface area contributed by atoms with Crippen LogP contribution in [0.25, 0.3) is 11.0 Å². The lowest BCUT2D eigenvalue weighted by Crippen LogP contribution is -2.32. The van der Waals surface area contributed by atoms with Crippen LogP contribution in [0.5, 0.6) is 0 Å². The maximum atomic E-state index is 12.8. The summed E-state index contributed by atoms with van der Waals surface area (Å²) in [5, 5.41) is 3.07. The summed E-state index contributed by atoms with van der Waals surface area (Å²) >= 11 is 0. The lowest BCUT2D eigenvalue weighted by molar-refractivity contribution is -0.139. The Kier molecular flexibility index (Phi) is 5.35. The van der Waals surface area contributed by atoms with Gasteiger partial charge in [0.05, 0.1) is 23.6 Å². The number of H-pyrrole nitrogens is 1. The van der Waals surface area contributed by atoms with E-state index in [4.69, 9.17) is 0 Å². The first-order valence-electron chi connectivity index (χ1n) is 10.1. The van der Waals surface area contributed by atoms with Crippen molar-refractivity contribution in [2.75, 3.05) is 0 Å². The molecule has 1 saturated heterocycles. The third-order valence-electron chi connectivity index (χ3n) is 5.37. The average molecular weight is 404 g/mol. The molecule has 2 aromatic carbocycles. The Morgan fingerprint density at radius 2 is 1.73 bits per heavy atom. The normalized spacial score (nSPS) is 15.2. The monoisotopic (exact) mass is 404 g/mol. The van der Waals surface area contributed by atoms with Crippen molar-refractivity contribution in [2.45, 2.75) is 39.3 Å². The molecule has 0 aliphatic carbocycles. The van der Waals surface area contributed by atoms with Gasteiger partial charge in [-0.3, -0.25) is 19.3 Å². The summed E-state index contributed by atoms with van der Waals surface area (Å²) < 4.78 is 0. The van der Waals surface area contributed by atoms with E-state index in [9.17, 15) is 14.4 Å². The number of fused-ring (bicyclic) bond motifs is 1. The topological polar surface area (TPSA) is 95.2 Å². The fourth-order valence-electron chi connectivity index (χ4n) is 3.64. The lowest BCUT2D eigenvalue weighted by atomic mass is 10.0. The number of nitrogens with zero attached hydrogens (tertiary/aromatic N) is 2. The number of imide groups is 1. The van der Waals surface area contributed by atoms with E-state index in [0.717, 1.165) is 22.4 Å². The molecule has 1 unspecified atom stereocenters. The van der Waals surface area contributed by atoms with Crippen LogP contribution in [0.4, 0.5) is 0 Å². The minimum atomic E-state index is -0.260. The van der Waals surface area contributed by atoms with Gasteiger partial charge in [-0.05, 0) is 35.7 Å². The van der Waals surface area contributed by atoms with E-state index in [1.807, 2.05) is 38.1 Å². The van der Waals surface area contributed by atoms with Gasteiger partial charge in [0.25, 0.3) is 5.91 Å². The van der Waals surface area contributed by atoms with Gasteiger partial charge in [0, 0.05) is 18.4 Å². The number of aromatic nitrogens is 2. The molecule has 2 heterocycles. The predicted molar refractivity (Wildman–Crippen MR) is 112 cm³/mol. The second-order valence-electron chi connectivity index (χ2n) is 7.90. The van der Waals surface area contributed by atoms with Gasteiger partial charge in [0.1, 0.15) is 5.82 Å². The zero-order valence-electron chi connectivity index (χ0n) is 17.0. The molecule has 7 nitrogen and oxygen atoms in total. The second-order valence-corrected chi connectivity index (χ2v) is 7.90. The number of rotatable bonds is 6. The summed E-state index contributed by atoms with van der Waals surface area (Å²) in [4.78, 5) is 45.6. The van der Waals surface area contributed by atoms with Crippen LogP contribution in [0, 0.1) is 5.92 Å². The van der Waals surface area contributed by atoms with Gasteiger partial charge in [-0.15, -0.1) is 0 Å². The molecular formula is C23H24N4O3. The van der Waals surface area contributed by atoms with E-state index in [1.165, 1.54) is 4.90 Å². The van der Waals surface area contributed by atoms with Crippen LogP contribution in [0.15, 0.2) is 48.5 Å². The van der Waals surface area contributed by atoms with E-state index in [0.29, 0.717) is 5.56 Å². The van der Waals surface area contributed by atoms with Gasteiger partial charge >= 0.3 is 0 Å².